The lowest BCUT2D eigenvalue weighted by molar-refractivity contribution is -0.143. The molecule has 0 N–H and O–H groups in total. The number of alkyl halides is 6. The standard InChI is InChI=1S/C28H34F6N8O/c1-18(43)40(3)24-13-21(25(35-15-24)39(2)10-9-19-7-5-6-8-19)17-42(26-36-38-41(4)37-26)16-20-11-22(27(29,30)31)14-23(12-20)28(32,33)34/h11-15,19H,5-10,16-17H2,1-4H3. The van der Waals surface area contributed by atoms with Gasteiger partial charge in [-0.1, -0.05) is 30.8 Å². The summed E-state index contributed by atoms with van der Waals surface area (Å²) in [5, 5.41) is 12.0. The van der Waals surface area contributed by atoms with Gasteiger partial charge in [0, 0.05) is 39.7 Å². The Kier molecular flexibility index (Phi) is 9.50. The molecular formula is C28H34F6N8O. The second-order valence-electron chi connectivity index (χ2n) is 11.0. The van der Waals surface area contributed by atoms with E-state index in [2.05, 4.69) is 20.4 Å². The Morgan fingerprint density at radius 3 is 2.14 bits per heavy atom. The highest BCUT2D eigenvalue weighted by Gasteiger charge is 2.37. The van der Waals surface area contributed by atoms with Crippen molar-refractivity contribution in [2.75, 3.05) is 35.3 Å². The molecule has 1 fully saturated rings. The number of amides is 1. The Morgan fingerprint density at radius 2 is 1.60 bits per heavy atom. The lowest BCUT2D eigenvalue weighted by Gasteiger charge is -2.28. The van der Waals surface area contributed by atoms with Gasteiger partial charge in [0.15, 0.2) is 0 Å². The second-order valence-corrected chi connectivity index (χ2v) is 11.0. The van der Waals surface area contributed by atoms with Crippen molar-refractivity contribution in [3.63, 3.8) is 0 Å². The molecule has 1 saturated carbocycles. The summed E-state index contributed by atoms with van der Waals surface area (Å²) in [5.41, 5.74) is -2.02. The fraction of sp³-hybridized carbons (Fsp3) is 0.536. The maximum Gasteiger partial charge on any atom is 0.416 e. The van der Waals surface area contributed by atoms with Crippen molar-refractivity contribution < 1.29 is 31.1 Å². The van der Waals surface area contributed by atoms with Gasteiger partial charge in [0.1, 0.15) is 5.82 Å². The molecule has 0 bridgehead atoms. The molecule has 234 valence electrons. The first-order chi connectivity index (χ1) is 20.1. The van der Waals surface area contributed by atoms with E-state index in [1.54, 1.807) is 19.3 Å². The molecule has 1 amide bonds. The molecule has 3 aromatic rings. The lowest BCUT2D eigenvalue weighted by atomic mass is 10.0. The minimum absolute atomic E-state index is 0.00152. The minimum Gasteiger partial charge on any atom is -0.359 e. The van der Waals surface area contributed by atoms with Crippen LogP contribution in [0.3, 0.4) is 0 Å². The topological polar surface area (TPSA) is 83.3 Å². The first-order valence-electron chi connectivity index (χ1n) is 13.8. The van der Waals surface area contributed by atoms with Crippen LogP contribution in [0, 0.1) is 5.92 Å². The first-order valence-corrected chi connectivity index (χ1v) is 13.8. The van der Waals surface area contributed by atoms with Gasteiger partial charge in [0.05, 0.1) is 36.6 Å². The van der Waals surface area contributed by atoms with Crippen molar-refractivity contribution >= 4 is 23.4 Å². The van der Waals surface area contributed by atoms with Crippen molar-refractivity contribution in [3.8, 4) is 0 Å². The van der Waals surface area contributed by atoms with Gasteiger partial charge in [-0.15, -0.1) is 5.10 Å². The molecule has 0 spiro atoms. The fourth-order valence-corrected chi connectivity index (χ4v) is 5.23. The van der Waals surface area contributed by atoms with E-state index in [0.29, 0.717) is 41.7 Å². The van der Waals surface area contributed by atoms with Gasteiger partial charge in [-0.2, -0.15) is 31.1 Å². The monoisotopic (exact) mass is 612 g/mol. The van der Waals surface area contributed by atoms with Gasteiger partial charge in [0.2, 0.25) is 5.91 Å². The van der Waals surface area contributed by atoms with E-state index in [-0.39, 0.29) is 30.0 Å². The summed E-state index contributed by atoms with van der Waals surface area (Å²) in [6.45, 7) is 1.65. The van der Waals surface area contributed by atoms with E-state index >= 15 is 0 Å². The number of hydrogen-bond donors (Lipinski definition) is 0. The Balaban J connectivity index is 1.74. The van der Waals surface area contributed by atoms with Crippen molar-refractivity contribution in [1.82, 2.24) is 25.2 Å². The van der Waals surface area contributed by atoms with Crippen molar-refractivity contribution in [2.45, 2.75) is 64.5 Å². The van der Waals surface area contributed by atoms with Crippen LogP contribution in [0.2, 0.25) is 0 Å². The molecule has 43 heavy (non-hydrogen) atoms. The van der Waals surface area contributed by atoms with Gasteiger partial charge in [-0.05, 0) is 47.4 Å². The molecule has 0 unspecified atom stereocenters. The van der Waals surface area contributed by atoms with Gasteiger partial charge < -0.3 is 14.7 Å². The number of anilines is 3. The van der Waals surface area contributed by atoms with E-state index in [1.807, 2.05) is 11.9 Å². The predicted molar refractivity (Wildman–Crippen MR) is 148 cm³/mol. The quantitative estimate of drug-likeness (QED) is 0.266. The highest BCUT2D eigenvalue weighted by Crippen LogP contribution is 2.37. The molecule has 2 aromatic heterocycles. The number of carbonyl (C=O) groups excluding carboxylic acids is 1. The molecule has 4 rings (SSSR count). The highest BCUT2D eigenvalue weighted by atomic mass is 19.4. The van der Waals surface area contributed by atoms with Crippen LogP contribution >= 0.6 is 0 Å². The summed E-state index contributed by atoms with van der Waals surface area (Å²) in [6, 6.07) is 3.19. The van der Waals surface area contributed by atoms with Crippen LogP contribution in [0.4, 0.5) is 43.8 Å². The number of nitrogens with zero attached hydrogens (tertiary/aromatic N) is 8. The van der Waals surface area contributed by atoms with Gasteiger partial charge >= 0.3 is 12.4 Å². The molecular weight excluding hydrogens is 578 g/mol. The second kappa shape index (κ2) is 12.8. The van der Waals surface area contributed by atoms with Crippen LogP contribution in [0.15, 0.2) is 30.5 Å². The number of rotatable bonds is 10. The number of tetrazole rings is 1. The van der Waals surface area contributed by atoms with E-state index in [1.165, 1.54) is 49.5 Å². The lowest BCUT2D eigenvalue weighted by Crippen LogP contribution is -2.29. The molecule has 0 saturated heterocycles. The Morgan fingerprint density at radius 1 is 0.977 bits per heavy atom. The Bertz CT molecular complexity index is 1380. The van der Waals surface area contributed by atoms with E-state index in [4.69, 9.17) is 0 Å². The number of carbonyl (C=O) groups is 1. The average Bonchev–Trinajstić information content (AvgIpc) is 3.61. The summed E-state index contributed by atoms with van der Waals surface area (Å²) >= 11 is 0. The molecule has 9 nitrogen and oxygen atoms in total. The molecule has 15 heteroatoms. The number of pyridine rings is 1. The van der Waals surface area contributed by atoms with Gasteiger partial charge in [0.25, 0.3) is 5.95 Å². The van der Waals surface area contributed by atoms with E-state index in [9.17, 15) is 31.1 Å². The third-order valence-corrected chi connectivity index (χ3v) is 7.66. The molecule has 0 radical (unpaired) electrons. The van der Waals surface area contributed by atoms with Crippen LogP contribution < -0.4 is 14.7 Å². The first kappa shape index (κ1) is 32.0. The highest BCUT2D eigenvalue weighted by molar-refractivity contribution is 5.91. The number of hydrogen-bond acceptors (Lipinski definition) is 7. The van der Waals surface area contributed by atoms with Crippen LogP contribution in [0.1, 0.15) is 61.3 Å². The maximum absolute atomic E-state index is 13.6. The summed E-state index contributed by atoms with van der Waals surface area (Å²) in [4.78, 5) is 22.7. The largest absolute Gasteiger partial charge is 0.416 e. The smallest absolute Gasteiger partial charge is 0.359 e. The molecule has 2 heterocycles. The predicted octanol–water partition coefficient (Wildman–Crippen LogP) is 5.85. The third kappa shape index (κ3) is 8.14. The average molecular weight is 613 g/mol. The van der Waals surface area contributed by atoms with Crippen LogP contribution in [-0.4, -0.2) is 51.7 Å². The zero-order valence-electron chi connectivity index (χ0n) is 24.4. The number of halogens is 6. The zero-order valence-corrected chi connectivity index (χ0v) is 24.4. The van der Waals surface area contributed by atoms with Crippen molar-refractivity contribution in [3.05, 3.63) is 52.7 Å². The number of benzene rings is 1. The van der Waals surface area contributed by atoms with Gasteiger partial charge in [-0.25, -0.2) is 4.98 Å². The molecule has 1 aliphatic rings. The van der Waals surface area contributed by atoms with Crippen molar-refractivity contribution in [2.24, 2.45) is 13.0 Å². The van der Waals surface area contributed by atoms with Crippen LogP contribution in [-0.2, 0) is 37.3 Å². The Labute approximate surface area is 245 Å². The van der Waals surface area contributed by atoms with Gasteiger partial charge in [-0.3, -0.25) is 4.79 Å². The molecule has 0 aliphatic heterocycles. The molecule has 1 aromatic carbocycles. The van der Waals surface area contributed by atoms with E-state index < -0.39 is 30.0 Å². The van der Waals surface area contributed by atoms with Crippen molar-refractivity contribution in [1.29, 1.82) is 0 Å². The van der Waals surface area contributed by atoms with Crippen LogP contribution in [0.5, 0.6) is 0 Å². The molecule has 1 aliphatic carbocycles. The summed E-state index contributed by atoms with van der Waals surface area (Å²) < 4.78 is 81.6. The Hall–Kier alpha value is -3.91. The summed E-state index contributed by atoms with van der Waals surface area (Å²) in [7, 11) is 4.95. The number of aryl methyl sites for hydroxylation is 1. The molecule has 0 atom stereocenters. The minimum atomic E-state index is -4.99. The zero-order chi connectivity index (χ0) is 31.5. The third-order valence-electron chi connectivity index (χ3n) is 7.66. The maximum atomic E-state index is 13.6. The summed E-state index contributed by atoms with van der Waals surface area (Å²) in [6.07, 6.45) is -2.73. The number of aromatic nitrogens is 5. The normalized spacial score (nSPS) is 14.3. The SMILES string of the molecule is CC(=O)N(C)c1cnc(N(C)CCC2CCCC2)c(CN(Cc2cc(C(F)(F)F)cc(C(F)(F)F)c2)c2nnn(C)n2)c1. The fourth-order valence-electron chi connectivity index (χ4n) is 5.23. The van der Waals surface area contributed by atoms with Crippen LogP contribution in [0.25, 0.3) is 0 Å². The van der Waals surface area contributed by atoms with E-state index in [0.717, 1.165) is 11.2 Å². The summed E-state index contributed by atoms with van der Waals surface area (Å²) in [5.74, 6) is 0.926.